The van der Waals surface area contributed by atoms with Crippen molar-refractivity contribution in [2.45, 2.75) is 33.3 Å². The van der Waals surface area contributed by atoms with E-state index < -0.39 is 0 Å². The van der Waals surface area contributed by atoms with Crippen molar-refractivity contribution in [3.63, 3.8) is 0 Å². The molecule has 0 bridgehead atoms. The Bertz CT molecular complexity index is 409. The van der Waals surface area contributed by atoms with Crippen LogP contribution in [0, 0.1) is 0 Å². The molecule has 20 heavy (non-hydrogen) atoms. The van der Waals surface area contributed by atoms with Gasteiger partial charge in [-0.15, -0.1) is 0 Å². The topological polar surface area (TPSA) is 67.5 Å². The third kappa shape index (κ3) is 4.85. The normalized spacial score (nSPS) is 11.2. The minimum Gasteiger partial charge on any atom is -0.473 e. The van der Waals surface area contributed by atoms with E-state index in [-0.39, 0.29) is 6.10 Å². The first-order valence-corrected chi connectivity index (χ1v) is 7.12. The lowest BCUT2D eigenvalue weighted by molar-refractivity contribution is 0.234. The van der Waals surface area contributed by atoms with Crippen LogP contribution in [0.3, 0.4) is 0 Å². The minimum atomic E-state index is 0.0452. The van der Waals surface area contributed by atoms with Crippen molar-refractivity contribution in [2.24, 2.45) is 0 Å². The van der Waals surface area contributed by atoms with Gasteiger partial charge in [-0.2, -0.15) is 4.98 Å². The second-order valence-electron chi connectivity index (χ2n) is 5.32. The van der Waals surface area contributed by atoms with Crippen LogP contribution in [0.2, 0.25) is 0 Å². The lowest BCUT2D eigenvalue weighted by Crippen LogP contribution is -2.28. The molecule has 1 aromatic rings. The molecule has 114 valence electrons. The number of ether oxygens (including phenoxy) is 1. The smallest absolute Gasteiger partial charge is 0.242 e. The Hall–Kier alpha value is -1.56. The van der Waals surface area contributed by atoms with E-state index >= 15 is 0 Å². The molecule has 1 rings (SSSR count). The highest BCUT2D eigenvalue weighted by Gasteiger charge is 2.15. The SMILES string of the molecule is CCN(CCCN(C)C)c1ncnc(OC(C)C)c1N. The van der Waals surface area contributed by atoms with Crippen LogP contribution in [0.15, 0.2) is 6.33 Å². The second-order valence-corrected chi connectivity index (χ2v) is 5.32. The van der Waals surface area contributed by atoms with Gasteiger partial charge in [0.1, 0.15) is 12.0 Å². The summed E-state index contributed by atoms with van der Waals surface area (Å²) in [5.74, 6) is 1.23. The second kappa shape index (κ2) is 7.89. The average molecular weight is 281 g/mol. The van der Waals surface area contributed by atoms with Gasteiger partial charge in [-0.05, 0) is 47.8 Å². The van der Waals surface area contributed by atoms with E-state index in [0.717, 1.165) is 31.9 Å². The largest absolute Gasteiger partial charge is 0.473 e. The number of hydrogen-bond acceptors (Lipinski definition) is 6. The molecule has 0 aliphatic carbocycles. The van der Waals surface area contributed by atoms with Gasteiger partial charge in [-0.3, -0.25) is 0 Å². The zero-order valence-corrected chi connectivity index (χ0v) is 13.3. The Kier molecular flexibility index (Phi) is 6.51. The third-order valence-electron chi connectivity index (χ3n) is 2.89. The average Bonchev–Trinajstić information content (AvgIpc) is 2.37. The van der Waals surface area contributed by atoms with Gasteiger partial charge in [0.25, 0.3) is 0 Å². The Morgan fingerprint density at radius 1 is 1.25 bits per heavy atom. The lowest BCUT2D eigenvalue weighted by atomic mass is 10.3. The molecular formula is C14H27N5O. The standard InChI is InChI=1S/C14H27N5O/c1-6-19(9-7-8-18(4)5)13-12(15)14(17-10-16-13)20-11(2)3/h10-11H,6-9,15H2,1-5H3. The summed E-state index contributed by atoms with van der Waals surface area (Å²) >= 11 is 0. The van der Waals surface area contributed by atoms with E-state index in [1.807, 2.05) is 13.8 Å². The van der Waals surface area contributed by atoms with Gasteiger partial charge >= 0.3 is 0 Å². The van der Waals surface area contributed by atoms with Gasteiger partial charge in [-0.25, -0.2) is 4.98 Å². The van der Waals surface area contributed by atoms with Crippen LogP contribution >= 0.6 is 0 Å². The first kappa shape index (κ1) is 16.5. The highest BCUT2D eigenvalue weighted by Crippen LogP contribution is 2.28. The summed E-state index contributed by atoms with van der Waals surface area (Å²) in [6.45, 7) is 8.82. The molecule has 0 atom stereocenters. The number of nitrogens with two attached hydrogens (primary N) is 1. The number of nitrogen functional groups attached to an aromatic ring is 1. The number of aromatic nitrogens is 2. The first-order valence-electron chi connectivity index (χ1n) is 7.12. The highest BCUT2D eigenvalue weighted by atomic mass is 16.5. The van der Waals surface area contributed by atoms with Crippen molar-refractivity contribution >= 4 is 11.5 Å². The molecule has 1 heterocycles. The van der Waals surface area contributed by atoms with E-state index in [1.54, 1.807) is 0 Å². The predicted octanol–water partition coefficient (Wildman–Crippen LogP) is 1.62. The zero-order valence-electron chi connectivity index (χ0n) is 13.3. The maximum atomic E-state index is 6.14. The fourth-order valence-electron chi connectivity index (χ4n) is 1.93. The summed E-state index contributed by atoms with van der Waals surface area (Å²) in [5, 5.41) is 0. The summed E-state index contributed by atoms with van der Waals surface area (Å²) in [4.78, 5) is 12.8. The van der Waals surface area contributed by atoms with Crippen LogP contribution in [0.4, 0.5) is 11.5 Å². The molecule has 1 aromatic heterocycles. The lowest BCUT2D eigenvalue weighted by Gasteiger charge is -2.24. The molecular weight excluding hydrogens is 254 g/mol. The summed E-state index contributed by atoms with van der Waals surface area (Å²) in [5.41, 5.74) is 6.66. The fourth-order valence-corrected chi connectivity index (χ4v) is 1.93. The third-order valence-corrected chi connectivity index (χ3v) is 2.89. The number of rotatable bonds is 8. The van der Waals surface area contributed by atoms with Crippen molar-refractivity contribution in [3.8, 4) is 5.88 Å². The molecule has 0 saturated carbocycles. The van der Waals surface area contributed by atoms with Crippen molar-refractivity contribution < 1.29 is 4.74 Å². The number of nitrogens with zero attached hydrogens (tertiary/aromatic N) is 4. The minimum absolute atomic E-state index is 0.0452. The summed E-state index contributed by atoms with van der Waals surface area (Å²) in [6.07, 6.45) is 2.62. The van der Waals surface area contributed by atoms with Crippen LogP contribution in [0.25, 0.3) is 0 Å². The van der Waals surface area contributed by atoms with Crippen LogP contribution in [0.5, 0.6) is 5.88 Å². The van der Waals surface area contributed by atoms with Crippen molar-refractivity contribution in [1.82, 2.24) is 14.9 Å². The van der Waals surface area contributed by atoms with Crippen LogP contribution in [-0.2, 0) is 0 Å². The Labute approximate surface area is 121 Å². The van der Waals surface area contributed by atoms with Gasteiger partial charge in [-0.1, -0.05) is 0 Å². The van der Waals surface area contributed by atoms with Gasteiger partial charge < -0.3 is 20.3 Å². The molecule has 0 saturated heterocycles. The molecule has 0 unspecified atom stereocenters. The number of anilines is 2. The molecule has 0 fully saturated rings. The summed E-state index contributed by atoms with van der Waals surface area (Å²) < 4.78 is 5.61. The molecule has 0 aliphatic rings. The molecule has 6 heteroatoms. The van der Waals surface area contributed by atoms with E-state index in [0.29, 0.717) is 11.6 Å². The molecule has 0 radical (unpaired) electrons. The van der Waals surface area contributed by atoms with Crippen LogP contribution in [0.1, 0.15) is 27.2 Å². The predicted molar refractivity (Wildman–Crippen MR) is 83.3 cm³/mol. The monoisotopic (exact) mass is 281 g/mol. The van der Waals surface area contributed by atoms with Crippen molar-refractivity contribution in [1.29, 1.82) is 0 Å². The maximum absolute atomic E-state index is 6.14. The van der Waals surface area contributed by atoms with Crippen molar-refractivity contribution in [3.05, 3.63) is 6.33 Å². The molecule has 2 N–H and O–H groups in total. The first-order chi connectivity index (χ1) is 9.45. The molecule has 0 aromatic carbocycles. The Morgan fingerprint density at radius 3 is 2.50 bits per heavy atom. The van der Waals surface area contributed by atoms with E-state index in [9.17, 15) is 0 Å². The summed E-state index contributed by atoms with van der Waals surface area (Å²) in [7, 11) is 4.15. The van der Waals surface area contributed by atoms with E-state index in [1.165, 1.54) is 6.33 Å². The van der Waals surface area contributed by atoms with E-state index in [4.69, 9.17) is 10.5 Å². The Balaban J connectivity index is 2.81. The molecule has 6 nitrogen and oxygen atoms in total. The van der Waals surface area contributed by atoms with E-state index in [2.05, 4.69) is 40.8 Å². The number of hydrogen-bond donors (Lipinski definition) is 1. The fraction of sp³-hybridized carbons (Fsp3) is 0.714. The molecule has 0 spiro atoms. The van der Waals surface area contributed by atoms with Gasteiger partial charge in [0, 0.05) is 13.1 Å². The maximum Gasteiger partial charge on any atom is 0.242 e. The Morgan fingerprint density at radius 2 is 1.95 bits per heavy atom. The van der Waals surface area contributed by atoms with Gasteiger partial charge in [0.05, 0.1) is 6.10 Å². The highest BCUT2D eigenvalue weighted by molar-refractivity contribution is 5.67. The van der Waals surface area contributed by atoms with Crippen molar-refractivity contribution in [2.75, 3.05) is 44.4 Å². The quantitative estimate of drug-likeness (QED) is 0.781. The zero-order chi connectivity index (χ0) is 15.1. The molecule has 0 aliphatic heterocycles. The van der Waals surface area contributed by atoms with Gasteiger partial charge in [0.15, 0.2) is 5.82 Å². The van der Waals surface area contributed by atoms with Crippen LogP contribution < -0.4 is 15.4 Å². The molecule has 0 amide bonds. The van der Waals surface area contributed by atoms with Gasteiger partial charge in [0.2, 0.25) is 5.88 Å². The summed E-state index contributed by atoms with van der Waals surface area (Å²) in [6, 6.07) is 0. The van der Waals surface area contributed by atoms with Crippen LogP contribution in [-0.4, -0.2) is 54.7 Å².